The van der Waals surface area contributed by atoms with Crippen molar-refractivity contribution in [3.8, 4) is 0 Å². The first-order valence-electron chi connectivity index (χ1n) is 11.8. The van der Waals surface area contributed by atoms with Crippen LogP contribution in [-0.2, 0) is 27.4 Å². The normalized spacial score (nSPS) is 36.4. The fraction of sp³-hybridized carbons (Fsp3) is 0.826. The van der Waals surface area contributed by atoms with Gasteiger partial charge >= 0.3 is 5.97 Å². The van der Waals surface area contributed by atoms with Crippen molar-refractivity contribution in [2.75, 3.05) is 6.54 Å². The molecule has 1 aromatic rings. The second-order valence-electron chi connectivity index (χ2n) is 10.9. The van der Waals surface area contributed by atoms with Gasteiger partial charge in [0.15, 0.2) is 12.4 Å². The van der Waals surface area contributed by atoms with E-state index in [1.54, 1.807) is 4.90 Å². The Balaban J connectivity index is 1.25. The number of rotatable bonds is 6. The lowest BCUT2D eigenvalue weighted by atomic mass is 9.49. The van der Waals surface area contributed by atoms with Gasteiger partial charge in [-0.25, -0.2) is 4.79 Å². The number of β-amino-alcohol motifs (C(OH)–C–C–N with tert-alkyl or cyclic N) is 1. The summed E-state index contributed by atoms with van der Waals surface area (Å²) in [5, 5.41) is 14.2. The number of ether oxygens (including phenoxy) is 1. The maximum atomic E-state index is 13.7. The smallest absolute Gasteiger partial charge is 0.329 e. The van der Waals surface area contributed by atoms with E-state index in [-0.39, 0.29) is 36.8 Å². The van der Waals surface area contributed by atoms with Gasteiger partial charge in [0.1, 0.15) is 6.04 Å². The maximum Gasteiger partial charge on any atom is 0.329 e. The molecule has 1 unspecified atom stereocenters. The van der Waals surface area contributed by atoms with Crippen molar-refractivity contribution >= 4 is 11.9 Å². The van der Waals surface area contributed by atoms with Crippen molar-refractivity contribution < 1.29 is 24.0 Å². The molecule has 5 fully saturated rings. The third-order valence-electron chi connectivity index (χ3n) is 7.74. The molecule has 1 saturated heterocycles. The van der Waals surface area contributed by atoms with Gasteiger partial charge < -0.3 is 19.3 Å². The van der Waals surface area contributed by atoms with Gasteiger partial charge in [0.2, 0.25) is 5.91 Å². The Labute approximate surface area is 182 Å². The number of esters is 1. The number of amides is 1. The molecule has 4 bridgehead atoms. The van der Waals surface area contributed by atoms with Crippen molar-refractivity contribution in [1.29, 1.82) is 0 Å². The minimum absolute atomic E-state index is 0.0575. The molecular weight excluding hydrogens is 398 g/mol. The van der Waals surface area contributed by atoms with Crippen molar-refractivity contribution in [3.05, 3.63) is 11.7 Å². The van der Waals surface area contributed by atoms with Gasteiger partial charge in [-0.3, -0.25) is 4.79 Å². The van der Waals surface area contributed by atoms with Crippen LogP contribution in [0.15, 0.2) is 4.52 Å². The van der Waals surface area contributed by atoms with E-state index in [9.17, 15) is 14.7 Å². The number of aliphatic hydroxyl groups is 1. The maximum absolute atomic E-state index is 13.7. The van der Waals surface area contributed by atoms with E-state index >= 15 is 0 Å². The molecule has 2 atom stereocenters. The molecule has 170 valence electrons. The van der Waals surface area contributed by atoms with Gasteiger partial charge in [-0.2, -0.15) is 4.98 Å². The molecular formula is C23H33N3O5. The summed E-state index contributed by atoms with van der Waals surface area (Å²) in [6.07, 6.45) is 6.79. The van der Waals surface area contributed by atoms with E-state index in [2.05, 4.69) is 24.0 Å². The highest BCUT2D eigenvalue weighted by Crippen LogP contribution is 2.60. The second kappa shape index (κ2) is 7.87. The zero-order valence-electron chi connectivity index (χ0n) is 18.5. The van der Waals surface area contributed by atoms with Crippen LogP contribution in [0.25, 0.3) is 0 Å². The molecule has 8 nitrogen and oxygen atoms in total. The van der Waals surface area contributed by atoms with E-state index in [1.807, 2.05) is 0 Å². The van der Waals surface area contributed by atoms with Gasteiger partial charge in [-0.15, -0.1) is 0 Å². The molecule has 0 aromatic carbocycles. The van der Waals surface area contributed by atoms with Gasteiger partial charge in [0, 0.05) is 19.4 Å². The largest absolute Gasteiger partial charge is 0.454 e. The monoisotopic (exact) mass is 431 g/mol. The summed E-state index contributed by atoms with van der Waals surface area (Å²) in [5.41, 5.74) is -0.338. The molecule has 5 aliphatic rings. The Hall–Kier alpha value is -1.96. The first-order chi connectivity index (χ1) is 14.8. The molecule has 0 spiro atoms. The van der Waals surface area contributed by atoms with E-state index in [0.29, 0.717) is 35.9 Å². The summed E-state index contributed by atoms with van der Waals surface area (Å²) in [6, 6.07) is -0.742. The summed E-state index contributed by atoms with van der Waals surface area (Å²) in [7, 11) is 0. The van der Waals surface area contributed by atoms with Crippen LogP contribution in [0.4, 0.5) is 0 Å². The molecule has 6 rings (SSSR count). The Morgan fingerprint density at radius 1 is 1.16 bits per heavy atom. The van der Waals surface area contributed by atoms with E-state index in [0.717, 1.165) is 19.3 Å². The molecule has 1 aliphatic heterocycles. The van der Waals surface area contributed by atoms with Crippen LogP contribution in [0.5, 0.6) is 0 Å². The number of aromatic nitrogens is 2. The highest BCUT2D eigenvalue weighted by atomic mass is 16.6. The average molecular weight is 432 g/mol. The van der Waals surface area contributed by atoms with Gasteiger partial charge in [-0.1, -0.05) is 19.0 Å². The standard InChI is InChI=1S/C23H33N3O5/c1-13(2)3-19-24-20(31-25-19)12-30-21(28)18-7-17(27)11-26(18)22(29)23-8-14-4-15(9-23)6-16(5-14)10-23/h13-18,27H,3-12H2,1-2H3/t14?,15?,16?,17?,18-,23?/m0/s1. The lowest BCUT2D eigenvalue weighted by molar-refractivity contribution is -0.166. The van der Waals surface area contributed by atoms with Gasteiger partial charge in [0.25, 0.3) is 5.89 Å². The van der Waals surface area contributed by atoms with E-state index in [1.165, 1.54) is 19.3 Å². The number of carbonyl (C=O) groups excluding carboxylic acids is 2. The zero-order chi connectivity index (χ0) is 21.8. The number of likely N-dealkylation sites (tertiary alicyclic amines) is 1. The molecule has 2 heterocycles. The second-order valence-corrected chi connectivity index (χ2v) is 10.9. The fourth-order valence-electron chi connectivity index (χ4n) is 6.96. The van der Waals surface area contributed by atoms with Crippen LogP contribution < -0.4 is 0 Å². The van der Waals surface area contributed by atoms with Crippen molar-refractivity contribution in [3.63, 3.8) is 0 Å². The first kappa shape index (κ1) is 20.9. The highest BCUT2D eigenvalue weighted by Gasteiger charge is 2.57. The zero-order valence-corrected chi connectivity index (χ0v) is 18.5. The lowest BCUT2D eigenvalue weighted by Crippen LogP contribution is -2.56. The molecule has 0 radical (unpaired) electrons. The lowest BCUT2D eigenvalue weighted by Gasteiger charge is -2.56. The van der Waals surface area contributed by atoms with Gasteiger partial charge in [0.05, 0.1) is 11.5 Å². The summed E-state index contributed by atoms with van der Waals surface area (Å²) in [4.78, 5) is 32.4. The molecule has 1 aromatic heterocycles. The van der Waals surface area contributed by atoms with Crippen LogP contribution in [0, 0.1) is 29.1 Å². The number of aliphatic hydroxyl groups excluding tert-OH is 1. The summed E-state index contributed by atoms with van der Waals surface area (Å²) in [6.45, 7) is 4.23. The number of hydrogen-bond donors (Lipinski definition) is 1. The minimum atomic E-state index is -0.742. The van der Waals surface area contributed by atoms with Crippen LogP contribution in [-0.4, -0.2) is 50.7 Å². The number of nitrogens with zero attached hydrogens (tertiary/aromatic N) is 3. The van der Waals surface area contributed by atoms with Crippen LogP contribution >= 0.6 is 0 Å². The first-order valence-corrected chi connectivity index (χ1v) is 11.8. The highest BCUT2D eigenvalue weighted by molar-refractivity contribution is 5.89. The summed E-state index contributed by atoms with van der Waals surface area (Å²) >= 11 is 0. The molecule has 8 heteroatoms. The number of carbonyl (C=O) groups is 2. The predicted octanol–water partition coefficient (Wildman–Crippen LogP) is 2.49. The van der Waals surface area contributed by atoms with Gasteiger partial charge in [-0.05, 0) is 62.2 Å². The van der Waals surface area contributed by atoms with Crippen LogP contribution in [0.2, 0.25) is 0 Å². The molecule has 1 N–H and O–H groups in total. The summed E-state index contributed by atoms with van der Waals surface area (Å²) in [5.74, 6) is 2.73. The quantitative estimate of drug-likeness (QED) is 0.690. The Kier molecular flexibility index (Phi) is 5.31. The average Bonchev–Trinajstić information content (AvgIpc) is 3.30. The molecule has 4 aliphatic carbocycles. The van der Waals surface area contributed by atoms with Crippen LogP contribution in [0.3, 0.4) is 0 Å². The molecule has 4 saturated carbocycles. The molecule has 1 amide bonds. The Morgan fingerprint density at radius 3 is 2.42 bits per heavy atom. The van der Waals surface area contributed by atoms with Crippen LogP contribution in [0.1, 0.15) is 70.5 Å². The van der Waals surface area contributed by atoms with Crippen molar-refractivity contribution in [2.45, 2.75) is 84.0 Å². The number of hydrogen-bond acceptors (Lipinski definition) is 7. The van der Waals surface area contributed by atoms with Crippen molar-refractivity contribution in [1.82, 2.24) is 15.0 Å². The van der Waals surface area contributed by atoms with E-state index in [4.69, 9.17) is 9.26 Å². The van der Waals surface area contributed by atoms with Crippen molar-refractivity contribution in [2.24, 2.45) is 29.1 Å². The molecule has 31 heavy (non-hydrogen) atoms. The minimum Gasteiger partial charge on any atom is -0.454 e. The third kappa shape index (κ3) is 3.99. The van der Waals surface area contributed by atoms with E-state index < -0.39 is 18.1 Å². The SMILES string of the molecule is CC(C)Cc1noc(COC(=O)[C@@H]2CC(O)CN2C(=O)C23CC4CC(CC(C4)C2)C3)n1. The Bertz CT molecular complexity index is 815. The fourth-order valence-corrected chi connectivity index (χ4v) is 6.96. The summed E-state index contributed by atoms with van der Waals surface area (Å²) < 4.78 is 10.6. The third-order valence-corrected chi connectivity index (χ3v) is 7.74. The predicted molar refractivity (Wildman–Crippen MR) is 109 cm³/mol. The topological polar surface area (TPSA) is 106 Å². The Morgan fingerprint density at radius 2 is 1.81 bits per heavy atom.